The average Bonchev–Trinajstić information content (AvgIpc) is 2.33. The van der Waals surface area contributed by atoms with E-state index in [2.05, 4.69) is 6.92 Å². The van der Waals surface area contributed by atoms with Crippen LogP contribution >= 0.6 is 0 Å². The van der Waals surface area contributed by atoms with Gasteiger partial charge in [0.2, 0.25) is 10.0 Å². The van der Waals surface area contributed by atoms with Gasteiger partial charge in [0, 0.05) is 19.1 Å². The second-order valence-corrected chi connectivity index (χ2v) is 8.69. The van der Waals surface area contributed by atoms with Gasteiger partial charge in [0.15, 0.2) is 0 Å². The van der Waals surface area contributed by atoms with E-state index in [0.717, 1.165) is 31.6 Å². The van der Waals surface area contributed by atoms with Crippen LogP contribution in [0.4, 0.5) is 0 Å². The molecule has 0 spiro atoms. The Balaban J connectivity index is 1.91. The highest BCUT2D eigenvalue weighted by atomic mass is 32.2. The monoisotopic (exact) mass is 288 g/mol. The molecule has 4 nitrogen and oxygen atoms in total. The van der Waals surface area contributed by atoms with Gasteiger partial charge in [-0.1, -0.05) is 6.92 Å². The number of sulfonamides is 1. The minimum absolute atomic E-state index is 0.324. The maximum atomic E-state index is 11.6. The van der Waals surface area contributed by atoms with E-state index in [0.29, 0.717) is 31.0 Å². The Morgan fingerprint density at radius 1 is 1.26 bits per heavy atom. The van der Waals surface area contributed by atoms with Crippen LogP contribution in [0.3, 0.4) is 0 Å². The average molecular weight is 288 g/mol. The molecular formula is C14H28N2O2S. The Labute approximate surface area is 117 Å². The molecule has 0 radical (unpaired) electrons. The first-order chi connectivity index (χ1) is 8.86. The normalized spacial score (nSPS) is 38.3. The molecule has 112 valence electrons. The Kier molecular flexibility index (Phi) is 4.90. The lowest BCUT2D eigenvalue weighted by molar-refractivity contribution is 0.171. The van der Waals surface area contributed by atoms with E-state index in [-0.39, 0.29) is 0 Å². The van der Waals surface area contributed by atoms with Crippen molar-refractivity contribution in [1.82, 2.24) is 4.31 Å². The second-order valence-electron chi connectivity index (χ2n) is 6.71. The summed E-state index contributed by atoms with van der Waals surface area (Å²) in [4.78, 5) is 0. The number of rotatable bonds is 3. The van der Waals surface area contributed by atoms with Crippen molar-refractivity contribution in [2.75, 3.05) is 19.3 Å². The van der Waals surface area contributed by atoms with Gasteiger partial charge in [-0.2, -0.15) is 0 Å². The summed E-state index contributed by atoms with van der Waals surface area (Å²) in [6.07, 6.45) is 8.18. The molecule has 2 rings (SSSR count). The summed E-state index contributed by atoms with van der Waals surface area (Å²) in [5.74, 6) is 1.87. The Morgan fingerprint density at radius 2 is 2.00 bits per heavy atom. The number of hydrogen-bond donors (Lipinski definition) is 1. The molecule has 1 saturated heterocycles. The highest BCUT2D eigenvalue weighted by Gasteiger charge is 2.31. The van der Waals surface area contributed by atoms with Crippen LogP contribution in [0.1, 0.15) is 45.4 Å². The van der Waals surface area contributed by atoms with E-state index in [1.54, 1.807) is 4.31 Å². The lowest BCUT2D eigenvalue weighted by Gasteiger charge is -2.37. The van der Waals surface area contributed by atoms with Crippen molar-refractivity contribution < 1.29 is 8.42 Å². The summed E-state index contributed by atoms with van der Waals surface area (Å²) >= 11 is 0. The van der Waals surface area contributed by atoms with Crippen molar-refractivity contribution >= 4 is 10.0 Å². The molecule has 0 amide bonds. The molecule has 1 aliphatic carbocycles. The van der Waals surface area contributed by atoms with Crippen molar-refractivity contribution in [1.29, 1.82) is 0 Å². The predicted octanol–water partition coefficient (Wildman–Crippen LogP) is 1.81. The van der Waals surface area contributed by atoms with Crippen molar-refractivity contribution in [3.8, 4) is 0 Å². The van der Waals surface area contributed by atoms with Gasteiger partial charge in [0.1, 0.15) is 0 Å². The van der Waals surface area contributed by atoms with Gasteiger partial charge in [-0.25, -0.2) is 12.7 Å². The molecule has 1 aliphatic heterocycles. The molecule has 1 heterocycles. The number of nitrogens with zero attached hydrogens (tertiary/aromatic N) is 1. The van der Waals surface area contributed by atoms with Crippen molar-refractivity contribution in [2.24, 2.45) is 23.5 Å². The van der Waals surface area contributed by atoms with E-state index < -0.39 is 10.0 Å². The van der Waals surface area contributed by atoms with E-state index in [9.17, 15) is 8.42 Å². The summed E-state index contributed by atoms with van der Waals surface area (Å²) in [5.41, 5.74) is 6.25. The highest BCUT2D eigenvalue weighted by molar-refractivity contribution is 7.88. The van der Waals surface area contributed by atoms with Crippen LogP contribution in [0.5, 0.6) is 0 Å². The topological polar surface area (TPSA) is 63.4 Å². The van der Waals surface area contributed by atoms with Gasteiger partial charge < -0.3 is 5.73 Å². The zero-order chi connectivity index (χ0) is 14.0. The van der Waals surface area contributed by atoms with Gasteiger partial charge in [-0.3, -0.25) is 0 Å². The molecule has 0 bridgehead atoms. The fourth-order valence-corrected chi connectivity index (χ4v) is 4.68. The fraction of sp³-hybridized carbons (Fsp3) is 1.00. The molecule has 1 saturated carbocycles. The Bertz CT molecular complexity index is 396. The third-order valence-corrected chi connectivity index (χ3v) is 6.16. The number of piperidine rings is 1. The molecule has 5 heteroatoms. The van der Waals surface area contributed by atoms with Crippen LogP contribution in [-0.2, 0) is 10.0 Å². The summed E-state index contributed by atoms with van der Waals surface area (Å²) in [6.45, 7) is 3.71. The van der Waals surface area contributed by atoms with E-state index >= 15 is 0 Å². The quantitative estimate of drug-likeness (QED) is 0.861. The molecule has 0 aromatic carbocycles. The van der Waals surface area contributed by atoms with Gasteiger partial charge in [-0.15, -0.1) is 0 Å². The molecule has 0 aromatic rings. The summed E-state index contributed by atoms with van der Waals surface area (Å²) in [5, 5.41) is 0. The van der Waals surface area contributed by atoms with E-state index in [4.69, 9.17) is 5.73 Å². The maximum Gasteiger partial charge on any atom is 0.211 e. The molecule has 4 unspecified atom stereocenters. The van der Waals surface area contributed by atoms with Crippen LogP contribution in [0.2, 0.25) is 0 Å². The van der Waals surface area contributed by atoms with Crippen LogP contribution in [0.15, 0.2) is 0 Å². The molecular weight excluding hydrogens is 260 g/mol. The van der Waals surface area contributed by atoms with E-state index in [1.807, 2.05) is 0 Å². The van der Waals surface area contributed by atoms with Gasteiger partial charge >= 0.3 is 0 Å². The molecule has 0 aromatic heterocycles. The number of hydrogen-bond acceptors (Lipinski definition) is 3. The van der Waals surface area contributed by atoms with E-state index in [1.165, 1.54) is 19.1 Å². The van der Waals surface area contributed by atoms with Crippen LogP contribution < -0.4 is 5.73 Å². The van der Waals surface area contributed by atoms with Gasteiger partial charge in [-0.05, 0) is 56.3 Å². The minimum atomic E-state index is -3.02. The summed E-state index contributed by atoms with van der Waals surface area (Å²) in [7, 11) is -3.02. The van der Waals surface area contributed by atoms with Gasteiger partial charge in [0.25, 0.3) is 0 Å². The SMILES string of the molecule is CC1CCC(N)C(CC2CCCN(S(C)(=O)=O)C2)C1. The number of nitrogens with two attached hydrogens (primary N) is 1. The van der Waals surface area contributed by atoms with Gasteiger partial charge in [0.05, 0.1) is 6.26 Å². The zero-order valence-corrected chi connectivity index (χ0v) is 13.0. The van der Waals surface area contributed by atoms with Crippen molar-refractivity contribution in [3.63, 3.8) is 0 Å². The van der Waals surface area contributed by atoms with Crippen LogP contribution in [0, 0.1) is 17.8 Å². The smallest absolute Gasteiger partial charge is 0.211 e. The van der Waals surface area contributed by atoms with Crippen LogP contribution in [-0.4, -0.2) is 38.1 Å². The fourth-order valence-electron chi connectivity index (χ4n) is 3.74. The third-order valence-electron chi connectivity index (χ3n) is 4.89. The first kappa shape index (κ1) is 15.3. The molecule has 4 atom stereocenters. The molecule has 19 heavy (non-hydrogen) atoms. The zero-order valence-electron chi connectivity index (χ0n) is 12.2. The Morgan fingerprint density at radius 3 is 2.68 bits per heavy atom. The predicted molar refractivity (Wildman–Crippen MR) is 78.2 cm³/mol. The first-order valence-electron chi connectivity index (χ1n) is 7.57. The molecule has 2 aliphatic rings. The second kappa shape index (κ2) is 6.10. The lowest BCUT2D eigenvalue weighted by atomic mass is 9.74. The van der Waals surface area contributed by atoms with Crippen molar-refractivity contribution in [3.05, 3.63) is 0 Å². The summed E-state index contributed by atoms with van der Waals surface area (Å²) in [6, 6.07) is 0.324. The maximum absolute atomic E-state index is 11.6. The Hall–Kier alpha value is -0.130. The first-order valence-corrected chi connectivity index (χ1v) is 9.41. The highest BCUT2D eigenvalue weighted by Crippen LogP contribution is 2.34. The van der Waals surface area contributed by atoms with Crippen LogP contribution in [0.25, 0.3) is 0 Å². The third kappa shape index (κ3) is 4.17. The minimum Gasteiger partial charge on any atom is -0.327 e. The molecule has 2 fully saturated rings. The standard InChI is InChI=1S/C14H28N2O2S/c1-11-5-6-14(15)13(8-11)9-12-4-3-7-16(10-12)19(2,17)18/h11-14H,3-10,15H2,1-2H3. The molecule has 2 N–H and O–H groups in total. The summed E-state index contributed by atoms with van der Waals surface area (Å²) < 4.78 is 24.9. The largest absolute Gasteiger partial charge is 0.327 e. The lowest BCUT2D eigenvalue weighted by Crippen LogP contribution is -2.42. The van der Waals surface area contributed by atoms with Crippen molar-refractivity contribution in [2.45, 2.75) is 51.5 Å².